The summed E-state index contributed by atoms with van der Waals surface area (Å²) in [5.41, 5.74) is 16.5. The van der Waals surface area contributed by atoms with E-state index in [4.69, 9.17) is 22.3 Å². The summed E-state index contributed by atoms with van der Waals surface area (Å²) in [5.74, 6) is -3.54. The fourth-order valence-electron chi connectivity index (χ4n) is 2.47. The lowest BCUT2D eigenvalue weighted by Crippen LogP contribution is -2.54. The van der Waals surface area contributed by atoms with Gasteiger partial charge in [0.15, 0.2) is 0 Å². The Hall–Kier alpha value is -2.24. The van der Waals surface area contributed by atoms with Gasteiger partial charge in [0.05, 0.1) is 6.04 Å². The quantitative estimate of drug-likeness (QED) is 0.149. The summed E-state index contributed by atoms with van der Waals surface area (Å²) in [4.78, 5) is 46.7. The molecule has 0 aromatic heterocycles. The number of rotatable bonds is 16. The van der Waals surface area contributed by atoms with Gasteiger partial charge in [-0.05, 0) is 58.0 Å². The molecule has 0 unspecified atom stereocenters. The highest BCUT2D eigenvalue weighted by Crippen LogP contribution is 2.06. The molecule has 0 saturated heterocycles. The molecule has 0 radical (unpaired) electrons. The molecule has 0 aromatic carbocycles. The van der Waals surface area contributed by atoms with E-state index >= 15 is 0 Å². The van der Waals surface area contributed by atoms with Gasteiger partial charge in [-0.25, -0.2) is 4.79 Å². The number of carbonyl (C=O) groups is 4. The van der Waals surface area contributed by atoms with Crippen LogP contribution in [0.15, 0.2) is 0 Å². The molecule has 0 aliphatic carbocycles. The molecule has 0 saturated carbocycles. The van der Waals surface area contributed by atoms with Crippen molar-refractivity contribution < 1.29 is 29.4 Å². The summed E-state index contributed by atoms with van der Waals surface area (Å²) < 4.78 is 0. The normalized spacial score (nSPS) is 14.0. The van der Waals surface area contributed by atoms with Gasteiger partial charge < -0.3 is 38.0 Å². The number of hydrogen-bond acceptors (Lipinski definition) is 7. The zero-order valence-electron chi connectivity index (χ0n) is 16.1. The van der Waals surface area contributed by atoms with Crippen LogP contribution in [-0.2, 0) is 19.2 Å². The average molecular weight is 403 g/mol. The summed E-state index contributed by atoms with van der Waals surface area (Å²) >= 11 is 0. The van der Waals surface area contributed by atoms with Gasteiger partial charge in [-0.1, -0.05) is 0 Å². The van der Waals surface area contributed by atoms with Crippen molar-refractivity contribution in [2.75, 3.05) is 13.1 Å². The summed E-state index contributed by atoms with van der Waals surface area (Å²) in [6.07, 6.45) is 2.48. The number of carbonyl (C=O) groups excluding carboxylic acids is 2. The number of nitrogens with two attached hydrogens (primary N) is 3. The van der Waals surface area contributed by atoms with Gasteiger partial charge in [0.2, 0.25) is 11.8 Å². The van der Waals surface area contributed by atoms with Crippen LogP contribution in [0.25, 0.3) is 0 Å². The van der Waals surface area contributed by atoms with Crippen LogP contribution in [0, 0.1) is 0 Å². The van der Waals surface area contributed by atoms with E-state index in [0.717, 1.165) is 0 Å². The minimum atomic E-state index is -1.17. The Balaban J connectivity index is 4.93. The number of carboxylic acids is 2. The lowest BCUT2D eigenvalue weighted by Gasteiger charge is -2.23. The molecule has 0 spiro atoms. The van der Waals surface area contributed by atoms with Gasteiger partial charge in [-0.15, -0.1) is 0 Å². The van der Waals surface area contributed by atoms with Crippen LogP contribution in [0.1, 0.15) is 51.4 Å². The molecule has 2 amide bonds. The fraction of sp³-hybridized carbons (Fsp3) is 0.765. The Morgan fingerprint density at radius 3 is 1.71 bits per heavy atom. The summed E-state index contributed by atoms with van der Waals surface area (Å²) in [7, 11) is 0. The van der Waals surface area contributed by atoms with Crippen molar-refractivity contribution in [2.45, 2.75) is 69.5 Å². The highest BCUT2D eigenvalue weighted by molar-refractivity contribution is 5.91. The molecule has 11 heteroatoms. The van der Waals surface area contributed by atoms with Crippen molar-refractivity contribution in [1.29, 1.82) is 0 Å². The largest absolute Gasteiger partial charge is 0.481 e. The first-order valence-electron chi connectivity index (χ1n) is 9.44. The molecule has 28 heavy (non-hydrogen) atoms. The van der Waals surface area contributed by atoms with E-state index in [2.05, 4.69) is 10.6 Å². The molecule has 10 N–H and O–H groups in total. The molecule has 0 heterocycles. The molecule has 0 aliphatic rings. The van der Waals surface area contributed by atoms with Crippen LogP contribution in [0.5, 0.6) is 0 Å². The van der Waals surface area contributed by atoms with Crippen LogP contribution in [-0.4, -0.2) is 65.2 Å². The predicted octanol–water partition coefficient (Wildman–Crippen LogP) is -1.51. The Bertz CT molecular complexity index is 516. The van der Waals surface area contributed by atoms with Crippen LogP contribution in [0.2, 0.25) is 0 Å². The van der Waals surface area contributed by atoms with Crippen LogP contribution in [0.4, 0.5) is 0 Å². The first-order chi connectivity index (χ1) is 13.2. The Labute approximate surface area is 164 Å². The number of unbranched alkanes of at least 4 members (excludes halogenated alkanes) is 2. The summed E-state index contributed by atoms with van der Waals surface area (Å²) in [6.45, 7) is 0.837. The maximum Gasteiger partial charge on any atom is 0.326 e. The fourth-order valence-corrected chi connectivity index (χ4v) is 2.47. The predicted molar refractivity (Wildman–Crippen MR) is 102 cm³/mol. The number of hydrogen-bond donors (Lipinski definition) is 7. The third-order valence-corrected chi connectivity index (χ3v) is 4.15. The van der Waals surface area contributed by atoms with E-state index < -0.39 is 41.9 Å². The number of carboxylic acid groups (broad SMARTS) is 2. The maximum absolute atomic E-state index is 12.5. The standard InChI is InChI=1S/C17H33N5O6/c18-9-3-1-5-12(21-15(25)11(20)7-8-14(23)24)16(26)22-13(17(27)28)6-2-4-10-19/h11-13H,1-10,18-20H2,(H,21,25)(H,22,26)(H,23,24)(H,27,28)/t11-,12-,13-/m0/s1. The van der Waals surface area contributed by atoms with Crippen molar-refractivity contribution in [3.05, 3.63) is 0 Å². The molecule has 0 bridgehead atoms. The maximum atomic E-state index is 12.5. The highest BCUT2D eigenvalue weighted by atomic mass is 16.4. The molecule has 3 atom stereocenters. The Morgan fingerprint density at radius 1 is 0.750 bits per heavy atom. The minimum Gasteiger partial charge on any atom is -0.481 e. The third-order valence-electron chi connectivity index (χ3n) is 4.15. The SMILES string of the molecule is NCCCC[C@H](NC(=O)[C@H](CCCCN)NC(=O)[C@@H](N)CCC(=O)O)C(=O)O. The van der Waals surface area contributed by atoms with Gasteiger partial charge in [-0.3, -0.25) is 14.4 Å². The van der Waals surface area contributed by atoms with Crippen molar-refractivity contribution in [3.8, 4) is 0 Å². The van der Waals surface area contributed by atoms with Gasteiger partial charge in [0.25, 0.3) is 0 Å². The number of nitrogens with one attached hydrogen (secondary N) is 2. The highest BCUT2D eigenvalue weighted by Gasteiger charge is 2.27. The van der Waals surface area contributed by atoms with Crippen molar-refractivity contribution in [2.24, 2.45) is 17.2 Å². The Morgan fingerprint density at radius 2 is 1.25 bits per heavy atom. The van der Waals surface area contributed by atoms with E-state index in [-0.39, 0.29) is 25.7 Å². The molecule has 0 rings (SSSR count). The lowest BCUT2D eigenvalue weighted by molar-refractivity contribution is -0.142. The Kier molecular flexibility index (Phi) is 13.6. The van der Waals surface area contributed by atoms with Crippen LogP contribution in [0.3, 0.4) is 0 Å². The van der Waals surface area contributed by atoms with E-state index in [9.17, 15) is 24.3 Å². The minimum absolute atomic E-state index is 0.0743. The third kappa shape index (κ3) is 11.5. The average Bonchev–Trinajstić information content (AvgIpc) is 2.64. The van der Waals surface area contributed by atoms with Gasteiger partial charge in [0, 0.05) is 6.42 Å². The first kappa shape index (κ1) is 25.8. The van der Waals surface area contributed by atoms with Crippen LogP contribution < -0.4 is 27.8 Å². The van der Waals surface area contributed by atoms with E-state index in [1.807, 2.05) is 0 Å². The van der Waals surface area contributed by atoms with E-state index in [1.165, 1.54) is 0 Å². The molecule has 11 nitrogen and oxygen atoms in total. The van der Waals surface area contributed by atoms with Crippen molar-refractivity contribution >= 4 is 23.8 Å². The summed E-state index contributed by atoms with van der Waals surface area (Å²) in [5, 5.41) is 22.9. The molecular weight excluding hydrogens is 370 g/mol. The van der Waals surface area contributed by atoms with Crippen molar-refractivity contribution in [3.63, 3.8) is 0 Å². The number of aliphatic carboxylic acids is 2. The van der Waals surface area contributed by atoms with Crippen LogP contribution >= 0.6 is 0 Å². The topological polar surface area (TPSA) is 211 Å². The van der Waals surface area contributed by atoms with E-state index in [1.54, 1.807) is 0 Å². The second kappa shape index (κ2) is 14.8. The van der Waals surface area contributed by atoms with E-state index in [0.29, 0.717) is 38.8 Å². The van der Waals surface area contributed by atoms with Gasteiger partial charge in [-0.2, -0.15) is 0 Å². The molecule has 0 aliphatic heterocycles. The number of amides is 2. The smallest absolute Gasteiger partial charge is 0.326 e. The van der Waals surface area contributed by atoms with Gasteiger partial charge in [0.1, 0.15) is 12.1 Å². The molecule has 162 valence electrons. The molecular formula is C17H33N5O6. The lowest BCUT2D eigenvalue weighted by atomic mass is 10.0. The second-order valence-corrected chi connectivity index (χ2v) is 6.57. The van der Waals surface area contributed by atoms with Crippen molar-refractivity contribution in [1.82, 2.24) is 10.6 Å². The zero-order chi connectivity index (χ0) is 21.5. The monoisotopic (exact) mass is 403 g/mol. The molecule has 0 aromatic rings. The first-order valence-corrected chi connectivity index (χ1v) is 9.44. The summed E-state index contributed by atoms with van der Waals surface area (Å²) in [6, 6.07) is -3.15. The second-order valence-electron chi connectivity index (χ2n) is 6.57. The molecule has 0 fully saturated rings. The zero-order valence-corrected chi connectivity index (χ0v) is 16.1. The van der Waals surface area contributed by atoms with Gasteiger partial charge >= 0.3 is 11.9 Å².